The van der Waals surface area contributed by atoms with Gasteiger partial charge in [-0.2, -0.15) is 4.31 Å². The van der Waals surface area contributed by atoms with Gasteiger partial charge in [0.15, 0.2) is 0 Å². The highest BCUT2D eigenvalue weighted by Gasteiger charge is 2.31. The van der Waals surface area contributed by atoms with Gasteiger partial charge in [0.25, 0.3) is 0 Å². The van der Waals surface area contributed by atoms with Crippen LogP contribution in [0.15, 0.2) is 53.4 Å². The van der Waals surface area contributed by atoms with Gasteiger partial charge in [0, 0.05) is 23.7 Å². The molecule has 1 heterocycles. The monoisotopic (exact) mass is 421 g/mol. The van der Waals surface area contributed by atoms with Crippen molar-refractivity contribution in [1.29, 1.82) is 0 Å². The van der Waals surface area contributed by atoms with Gasteiger partial charge >= 0.3 is 5.97 Å². The van der Waals surface area contributed by atoms with Crippen molar-refractivity contribution in [3.63, 3.8) is 0 Å². The van der Waals surface area contributed by atoms with Crippen LogP contribution in [-0.2, 0) is 21.4 Å². The Balaban J connectivity index is 1.68. The number of carbonyl (C=O) groups excluding carboxylic acids is 1. The normalized spacial score (nSPS) is 20.7. The van der Waals surface area contributed by atoms with Crippen LogP contribution < -0.4 is 0 Å². The van der Waals surface area contributed by atoms with Crippen LogP contribution in [0.3, 0.4) is 0 Å². The largest absolute Gasteiger partial charge is 0.457 e. The molecule has 0 aliphatic carbocycles. The van der Waals surface area contributed by atoms with E-state index in [0.717, 1.165) is 6.42 Å². The molecule has 0 saturated carbocycles. The lowest BCUT2D eigenvalue weighted by Crippen LogP contribution is -2.42. The van der Waals surface area contributed by atoms with E-state index < -0.39 is 16.0 Å². The van der Waals surface area contributed by atoms with E-state index in [9.17, 15) is 13.2 Å². The van der Waals surface area contributed by atoms with E-state index in [4.69, 9.17) is 16.3 Å². The summed E-state index contributed by atoms with van der Waals surface area (Å²) in [5.41, 5.74) is 1.01. The molecule has 0 aromatic heterocycles. The number of sulfonamides is 1. The first kappa shape index (κ1) is 20.8. The zero-order valence-electron chi connectivity index (χ0n) is 16.0. The average molecular weight is 422 g/mol. The quantitative estimate of drug-likeness (QED) is 0.672. The first-order valence-electron chi connectivity index (χ1n) is 9.28. The van der Waals surface area contributed by atoms with Crippen LogP contribution in [-0.4, -0.2) is 31.8 Å². The number of ether oxygens (including phenoxy) is 1. The van der Waals surface area contributed by atoms with Crippen LogP contribution in [0.5, 0.6) is 0 Å². The third-order valence-corrected chi connectivity index (χ3v) is 7.09. The van der Waals surface area contributed by atoms with E-state index in [1.807, 2.05) is 6.07 Å². The minimum Gasteiger partial charge on any atom is -0.457 e. The summed E-state index contributed by atoms with van der Waals surface area (Å²) in [5.74, 6) is 0.138. The maximum Gasteiger partial charge on any atom is 0.338 e. The van der Waals surface area contributed by atoms with Crippen molar-refractivity contribution in [1.82, 2.24) is 4.31 Å². The molecule has 0 amide bonds. The minimum atomic E-state index is -3.57. The predicted octanol–water partition coefficient (Wildman–Crippen LogP) is 4.36. The molecule has 2 aromatic rings. The van der Waals surface area contributed by atoms with Crippen molar-refractivity contribution in [2.24, 2.45) is 11.8 Å². The summed E-state index contributed by atoms with van der Waals surface area (Å²) in [6.07, 6.45) is 1.03. The number of rotatable bonds is 5. The Morgan fingerprint density at radius 1 is 1.07 bits per heavy atom. The number of hydrogen-bond acceptors (Lipinski definition) is 4. The highest BCUT2D eigenvalue weighted by molar-refractivity contribution is 7.89. The van der Waals surface area contributed by atoms with E-state index in [1.54, 1.807) is 18.2 Å². The van der Waals surface area contributed by atoms with Gasteiger partial charge in [0.1, 0.15) is 6.61 Å². The van der Waals surface area contributed by atoms with Crippen LogP contribution in [0.2, 0.25) is 5.02 Å². The molecule has 5 nitrogen and oxygen atoms in total. The van der Waals surface area contributed by atoms with Gasteiger partial charge in [0.05, 0.1) is 10.5 Å². The molecular weight excluding hydrogens is 398 g/mol. The Hall–Kier alpha value is -1.89. The smallest absolute Gasteiger partial charge is 0.338 e. The number of nitrogens with zero attached hydrogens (tertiary/aromatic N) is 1. The third-order valence-electron chi connectivity index (χ3n) is 4.88. The summed E-state index contributed by atoms with van der Waals surface area (Å²) in [6.45, 7) is 5.23. The van der Waals surface area contributed by atoms with Gasteiger partial charge in [-0.3, -0.25) is 0 Å². The Bertz CT molecular complexity index is 933. The minimum absolute atomic E-state index is 0.0577. The molecule has 0 radical (unpaired) electrons. The van der Waals surface area contributed by atoms with Crippen LogP contribution >= 0.6 is 11.6 Å². The van der Waals surface area contributed by atoms with Crippen molar-refractivity contribution in [3.8, 4) is 0 Å². The Labute approximate surface area is 171 Å². The number of hydrogen-bond donors (Lipinski definition) is 0. The fraction of sp³-hybridized carbons (Fsp3) is 0.381. The van der Waals surface area contributed by atoms with Crippen LogP contribution in [0, 0.1) is 11.8 Å². The second-order valence-corrected chi connectivity index (χ2v) is 9.81. The highest BCUT2D eigenvalue weighted by Crippen LogP contribution is 2.27. The molecule has 7 heteroatoms. The third kappa shape index (κ3) is 4.74. The van der Waals surface area contributed by atoms with Crippen molar-refractivity contribution in [2.75, 3.05) is 13.1 Å². The fourth-order valence-corrected chi connectivity index (χ4v) is 5.43. The molecule has 28 heavy (non-hydrogen) atoms. The van der Waals surface area contributed by atoms with Gasteiger partial charge in [-0.05, 0) is 48.6 Å². The number of esters is 1. The fourth-order valence-electron chi connectivity index (χ4n) is 3.56. The van der Waals surface area contributed by atoms with Crippen LogP contribution in [0.25, 0.3) is 0 Å². The molecular formula is C21H24ClNO4S. The summed E-state index contributed by atoms with van der Waals surface area (Å²) in [4.78, 5) is 12.4. The lowest BCUT2D eigenvalue weighted by atomic mass is 9.94. The summed E-state index contributed by atoms with van der Waals surface area (Å²) in [7, 11) is -3.57. The van der Waals surface area contributed by atoms with E-state index in [2.05, 4.69) is 13.8 Å². The van der Waals surface area contributed by atoms with E-state index in [-0.39, 0.29) is 11.5 Å². The van der Waals surface area contributed by atoms with Gasteiger partial charge in [-0.1, -0.05) is 43.6 Å². The SMILES string of the molecule is C[C@@H]1C[C@@H](C)CN(S(=O)(=O)c2ccc(C(=O)OCc3ccccc3Cl)cc2)C1. The summed E-state index contributed by atoms with van der Waals surface area (Å²) < 4.78 is 32.6. The predicted molar refractivity (Wildman–Crippen MR) is 109 cm³/mol. The van der Waals surface area contributed by atoms with E-state index in [1.165, 1.54) is 28.6 Å². The van der Waals surface area contributed by atoms with E-state index >= 15 is 0 Å². The number of piperidine rings is 1. The van der Waals surface area contributed by atoms with Gasteiger partial charge in [-0.15, -0.1) is 0 Å². The number of halogens is 1. The van der Waals surface area contributed by atoms with Gasteiger partial charge in [-0.25, -0.2) is 13.2 Å². The molecule has 0 spiro atoms. The molecule has 1 saturated heterocycles. The van der Waals surface area contributed by atoms with Gasteiger partial charge in [0.2, 0.25) is 10.0 Å². The summed E-state index contributed by atoms with van der Waals surface area (Å²) >= 11 is 6.06. The molecule has 1 fully saturated rings. The van der Waals surface area contributed by atoms with E-state index in [0.29, 0.717) is 41.1 Å². The molecule has 3 rings (SSSR count). The van der Waals surface area contributed by atoms with Crippen molar-refractivity contribution in [2.45, 2.75) is 31.8 Å². The maximum atomic E-state index is 12.9. The Morgan fingerprint density at radius 2 is 1.68 bits per heavy atom. The standard InChI is InChI=1S/C21H24ClNO4S/c1-15-11-16(2)13-23(12-15)28(25,26)19-9-7-17(8-10-19)21(24)27-14-18-5-3-4-6-20(18)22/h3-10,15-16H,11-14H2,1-2H3/t15-,16-/m1/s1. The highest BCUT2D eigenvalue weighted by atomic mass is 35.5. The summed E-state index contributed by atoms with van der Waals surface area (Å²) in [5, 5.41) is 0.529. The molecule has 1 aliphatic heterocycles. The first-order valence-corrected chi connectivity index (χ1v) is 11.1. The second-order valence-electron chi connectivity index (χ2n) is 7.46. The number of carbonyl (C=O) groups is 1. The van der Waals surface area contributed by atoms with Crippen molar-refractivity contribution >= 4 is 27.6 Å². The van der Waals surface area contributed by atoms with Gasteiger partial charge < -0.3 is 4.74 Å². The zero-order valence-corrected chi connectivity index (χ0v) is 17.5. The van der Waals surface area contributed by atoms with Crippen molar-refractivity contribution < 1.29 is 17.9 Å². The zero-order chi connectivity index (χ0) is 20.3. The molecule has 0 unspecified atom stereocenters. The lowest BCUT2D eigenvalue weighted by molar-refractivity contribution is 0.0472. The van der Waals surface area contributed by atoms with Crippen LogP contribution in [0.1, 0.15) is 36.2 Å². The first-order chi connectivity index (χ1) is 13.3. The Kier molecular flexibility index (Phi) is 6.43. The molecule has 150 valence electrons. The lowest BCUT2D eigenvalue weighted by Gasteiger charge is -2.34. The molecule has 0 N–H and O–H groups in total. The molecule has 2 atom stereocenters. The Morgan fingerprint density at radius 3 is 2.29 bits per heavy atom. The van der Waals surface area contributed by atoms with Crippen LogP contribution in [0.4, 0.5) is 0 Å². The second kappa shape index (κ2) is 8.64. The topological polar surface area (TPSA) is 63.7 Å². The molecule has 2 aromatic carbocycles. The maximum absolute atomic E-state index is 12.9. The van der Waals surface area contributed by atoms with Crippen molar-refractivity contribution in [3.05, 3.63) is 64.7 Å². The summed E-state index contributed by atoms with van der Waals surface area (Å²) in [6, 6.07) is 13.0. The average Bonchev–Trinajstić information content (AvgIpc) is 2.66. The molecule has 1 aliphatic rings. The number of benzene rings is 2. The molecule has 0 bridgehead atoms.